The van der Waals surface area contributed by atoms with Crippen LogP contribution in [0.5, 0.6) is 0 Å². The predicted octanol–water partition coefficient (Wildman–Crippen LogP) is 2.05. The number of morpholine rings is 1. The number of pyridine rings is 1. The maximum Gasteiger partial charge on any atom is 0.252 e. The van der Waals surface area contributed by atoms with Crippen LogP contribution in [0.1, 0.15) is 24.2 Å². The molecule has 1 aliphatic rings. The standard InChI is InChI=1S/C22H23N3O4/c1-22(2,21(28)25-9-11-29-12-10-25)24-20(27)14-7-8-16-18(13-14)23-17-6-4-3-5-15(17)19(16)26/h3-8,13H,9-12H2,1-2H3,(H,23,26)(H,24,27). The average Bonchev–Trinajstić information content (AvgIpc) is 2.73. The van der Waals surface area contributed by atoms with Gasteiger partial charge in [0.05, 0.1) is 18.7 Å². The molecule has 0 bridgehead atoms. The average molecular weight is 393 g/mol. The minimum atomic E-state index is -1.06. The van der Waals surface area contributed by atoms with Crippen LogP contribution in [-0.4, -0.2) is 53.5 Å². The molecule has 2 amide bonds. The maximum absolute atomic E-state index is 12.8. The second-order valence-corrected chi connectivity index (χ2v) is 7.74. The van der Waals surface area contributed by atoms with Gasteiger partial charge in [-0.3, -0.25) is 14.4 Å². The monoisotopic (exact) mass is 393 g/mol. The molecule has 3 aromatic rings. The Hall–Kier alpha value is -3.19. The van der Waals surface area contributed by atoms with E-state index < -0.39 is 5.54 Å². The Morgan fingerprint density at radius 2 is 1.72 bits per heavy atom. The topological polar surface area (TPSA) is 91.5 Å². The highest BCUT2D eigenvalue weighted by molar-refractivity contribution is 6.02. The first-order chi connectivity index (χ1) is 13.9. The number of carbonyl (C=O) groups excluding carboxylic acids is 2. The van der Waals surface area contributed by atoms with Crippen molar-refractivity contribution < 1.29 is 14.3 Å². The summed E-state index contributed by atoms with van der Waals surface area (Å²) in [7, 11) is 0. The van der Waals surface area contributed by atoms with Crippen molar-refractivity contribution >= 4 is 33.6 Å². The summed E-state index contributed by atoms with van der Waals surface area (Å²) in [5.41, 5.74) is 0.541. The number of nitrogens with one attached hydrogen (secondary N) is 2. The minimum Gasteiger partial charge on any atom is -0.378 e. The molecule has 0 unspecified atom stereocenters. The molecule has 0 aliphatic carbocycles. The molecule has 2 aromatic carbocycles. The second kappa shape index (κ2) is 7.33. The fourth-order valence-corrected chi connectivity index (χ4v) is 3.64. The van der Waals surface area contributed by atoms with E-state index in [9.17, 15) is 14.4 Å². The first-order valence-corrected chi connectivity index (χ1v) is 9.61. The number of hydrogen-bond acceptors (Lipinski definition) is 4. The van der Waals surface area contributed by atoms with Crippen molar-refractivity contribution in [1.29, 1.82) is 0 Å². The number of rotatable bonds is 3. The fourth-order valence-electron chi connectivity index (χ4n) is 3.64. The number of amides is 2. The summed E-state index contributed by atoms with van der Waals surface area (Å²) in [4.78, 5) is 43.2. The van der Waals surface area contributed by atoms with Gasteiger partial charge in [-0.2, -0.15) is 0 Å². The van der Waals surface area contributed by atoms with Crippen molar-refractivity contribution in [3.05, 3.63) is 58.3 Å². The van der Waals surface area contributed by atoms with E-state index in [1.54, 1.807) is 43.0 Å². The normalized spacial score (nSPS) is 14.9. The van der Waals surface area contributed by atoms with Crippen molar-refractivity contribution in [1.82, 2.24) is 15.2 Å². The Kier molecular flexibility index (Phi) is 4.84. The zero-order chi connectivity index (χ0) is 20.6. The molecule has 2 N–H and O–H groups in total. The smallest absolute Gasteiger partial charge is 0.252 e. The lowest BCUT2D eigenvalue weighted by atomic mass is 10.0. The highest BCUT2D eigenvalue weighted by Crippen LogP contribution is 2.17. The van der Waals surface area contributed by atoms with Crippen molar-refractivity contribution in [2.24, 2.45) is 0 Å². The van der Waals surface area contributed by atoms with Gasteiger partial charge in [0.15, 0.2) is 5.43 Å². The van der Waals surface area contributed by atoms with Gasteiger partial charge in [-0.05, 0) is 44.2 Å². The van der Waals surface area contributed by atoms with Crippen LogP contribution in [0.2, 0.25) is 0 Å². The summed E-state index contributed by atoms with van der Waals surface area (Å²) in [6.45, 7) is 5.42. The summed E-state index contributed by atoms with van der Waals surface area (Å²) in [6, 6.07) is 12.2. The summed E-state index contributed by atoms with van der Waals surface area (Å²) in [5.74, 6) is -0.512. The van der Waals surface area contributed by atoms with Gasteiger partial charge in [0.25, 0.3) is 5.91 Å². The molecule has 1 aromatic heterocycles. The van der Waals surface area contributed by atoms with Crippen LogP contribution in [0.4, 0.5) is 0 Å². The Morgan fingerprint density at radius 3 is 2.48 bits per heavy atom. The number of ether oxygens (including phenoxy) is 1. The molecule has 1 saturated heterocycles. The van der Waals surface area contributed by atoms with Gasteiger partial charge in [-0.15, -0.1) is 0 Å². The minimum absolute atomic E-state index is 0.0795. The molecule has 1 fully saturated rings. The van der Waals surface area contributed by atoms with E-state index in [0.717, 1.165) is 0 Å². The van der Waals surface area contributed by atoms with Crippen LogP contribution in [0.25, 0.3) is 21.8 Å². The van der Waals surface area contributed by atoms with Crippen LogP contribution in [0.15, 0.2) is 47.3 Å². The molecule has 7 nitrogen and oxygen atoms in total. The molecule has 29 heavy (non-hydrogen) atoms. The number of carbonyl (C=O) groups is 2. The van der Waals surface area contributed by atoms with Gasteiger partial charge in [0.2, 0.25) is 5.91 Å². The first kappa shape index (κ1) is 19.1. The first-order valence-electron chi connectivity index (χ1n) is 9.61. The van der Waals surface area contributed by atoms with Crippen LogP contribution in [0.3, 0.4) is 0 Å². The highest BCUT2D eigenvalue weighted by atomic mass is 16.5. The van der Waals surface area contributed by atoms with E-state index in [2.05, 4.69) is 10.3 Å². The number of para-hydroxylation sites is 1. The molecule has 0 spiro atoms. The lowest BCUT2D eigenvalue weighted by Gasteiger charge is -2.34. The SMILES string of the molecule is CC(C)(NC(=O)c1ccc2c(=O)c3ccccc3[nH]c2c1)C(=O)N1CCOCC1. The Labute approximate surface area is 167 Å². The summed E-state index contributed by atoms with van der Waals surface area (Å²) >= 11 is 0. The third-order valence-electron chi connectivity index (χ3n) is 5.23. The molecule has 0 radical (unpaired) electrons. The third-order valence-corrected chi connectivity index (χ3v) is 5.23. The molecule has 1 aliphatic heterocycles. The molecular formula is C22H23N3O4. The lowest BCUT2D eigenvalue weighted by Crippen LogP contribution is -2.57. The molecular weight excluding hydrogens is 370 g/mol. The van der Waals surface area contributed by atoms with Crippen LogP contribution in [0, 0.1) is 0 Å². The Balaban J connectivity index is 1.62. The number of hydrogen-bond donors (Lipinski definition) is 2. The van der Waals surface area contributed by atoms with Crippen LogP contribution < -0.4 is 10.7 Å². The largest absolute Gasteiger partial charge is 0.378 e. The van der Waals surface area contributed by atoms with Crippen molar-refractivity contribution in [3.8, 4) is 0 Å². The summed E-state index contributed by atoms with van der Waals surface area (Å²) in [6.07, 6.45) is 0. The second-order valence-electron chi connectivity index (χ2n) is 7.74. The van der Waals surface area contributed by atoms with E-state index in [1.807, 2.05) is 18.2 Å². The maximum atomic E-state index is 12.8. The quantitative estimate of drug-likeness (QED) is 0.667. The highest BCUT2D eigenvalue weighted by Gasteiger charge is 2.34. The fraction of sp³-hybridized carbons (Fsp3) is 0.318. The molecule has 7 heteroatoms. The van der Waals surface area contributed by atoms with Crippen molar-refractivity contribution in [2.75, 3.05) is 26.3 Å². The zero-order valence-electron chi connectivity index (χ0n) is 16.5. The van der Waals surface area contributed by atoms with Crippen molar-refractivity contribution in [2.45, 2.75) is 19.4 Å². The van der Waals surface area contributed by atoms with Crippen LogP contribution >= 0.6 is 0 Å². The van der Waals surface area contributed by atoms with E-state index in [0.29, 0.717) is 53.7 Å². The number of fused-ring (bicyclic) bond motifs is 2. The van der Waals surface area contributed by atoms with Gasteiger partial charge in [-0.25, -0.2) is 0 Å². The Bertz CT molecular complexity index is 1160. The number of benzene rings is 2. The van der Waals surface area contributed by atoms with Gasteiger partial charge < -0.3 is 19.9 Å². The molecule has 0 atom stereocenters. The molecule has 0 saturated carbocycles. The van der Waals surface area contributed by atoms with Crippen molar-refractivity contribution in [3.63, 3.8) is 0 Å². The Morgan fingerprint density at radius 1 is 1.03 bits per heavy atom. The number of H-pyrrole nitrogens is 1. The lowest BCUT2D eigenvalue weighted by molar-refractivity contribution is -0.140. The molecule has 150 valence electrons. The number of nitrogens with zero attached hydrogens (tertiary/aromatic N) is 1. The van der Waals surface area contributed by atoms with Gasteiger partial charge in [-0.1, -0.05) is 12.1 Å². The van der Waals surface area contributed by atoms with Gasteiger partial charge in [0, 0.05) is 34.9 Å². The summed E-state index contributed by atoms with van der Waals surface area (Å²) in [5, 5.41) is 3.95. The molecule has 4 rings (SSSR count). The van der Waals surface area contributed by atoms with E-state index in [1.165, 1.54) is 0 Å². The number of aromatic amines is 1. The van der Waals surface area contributed by atoms with Crippen LogP contribution in [-0.2, 0) is 9.53 Å². The zero-order valence-corrected chi connectivity index (χ0v) is 16.5. The molecule has 2 heterocycles. The predicted molar refractivity (Wildman–Crippen MR) is 111 cm³/mol. The van der Waals surface area contributed by atoms with Gasteiger partial charge in [0.1, 0.15) is 5.54 Å². The number of aromatic nitrogens is 1. The van der Waals surface area contributed by atoms with Gasteiger partial charge >= 0.3 is 0 Å². The van der Waals surface area contributed by atoms with E-state index >= 15 is 0 Å². The van der Waals surface area contributed by atoms with E-state index in [-0.39, 0.29) is 17.2 Å². The third kappa shape index (κ3) is 3.61. The summed E-state index contributed by atoms with van der Waals surface area (Å²) < 4.78 is 5.28. The van der Waals surface area contributed by atoms with E-state index in [4.69, 9.17) is 4.74 Å².